The fraction of sp³-hybridized carbons (Fsp3) is 0.111. The van der Waals surface area contributed by atoms with Gasteiger partial charge in [0.2, 0.25) is 0 Å². The SMILES string of the molecule is N#CCC(=O)c1ccccc1.N#CCC(=O)c1ccccc1. The molecule has 0 atom stereocenters. The number of Topliss-reactive ketones (excluding diaryl/α,β-unsaturated/α-hetero) is 2. The zero-order valence-corrected chi connectivity index (χ0v) is 11.9. The summed E-state index contributed by atoms with van der Waals surface area (Å²) >= 11 is 0. The molecule has 0 aliphatic carbocycles. The number of carbonyl (C=O) groups is 2. The van der Waals surface area contributed by atoms with E-state index in [1.807, 2.05) is 24.3 Å². The van der Waals surface area contributed by atoms with Crippen LogP contribution in [0.3, 0.4) is 0 Å². The maximum atomic E-state index is 11.0. The first kappa shape index (κ1) is 16.8. The van der Waals surface area contributed by atoms with E-state index in [1.165, 1.54) is 0 Å². The van der Waals surface area contributed by atoms with E-state index in [1.54, 1.807) is 48.5 Å². The number of carbonyl (C=O) groups excluding carboxylic acids is 2. The van der Waals surface area contributed by atoms with Gasteiger partial charge in [-0.05, 0) is 0 Å². The number of hydrogen-bond acceptors (Lipinski definition) is 4. The second-order valence-electron chi connectivity index (χ2n) is 4.25. The average molecular weight is 290 g/mol. The first-order chi connectivity index (χ1) is 10.7. The summed E-state index contributed by atoms with van der Waals surface area (Å²) in [5, 5.41) is 16.5. The molecule has 2 aromatic carbocycles. The van der Waals surface area contributed by atoms with Gasteiger partial charge in [-0.15, -0.1) is 0 Å². The summed E-state index contributed by atoms with van der Waals surface area (Å²) in [7, 11) is 0. The lowest BCUT2D eigenvalue weighted by Gasteiger charge is -1.92. The van der Waals surface area contributed by atoms with Crippen LogP contribution in [0.2, 0.25) is 0 Å². The van der Waals surface area contributed by atoms with Crippen LogP contribution in [-0.4, -0.2) is 11.6 Å². The van der Waals surface area contributed by atoms with Gasteiger partial charge in [0.25, 0.3) is 0 Å². The first-order valence-electron chi connectivity index (χ1n) is 6.59. The first-order valence-corrected chi connectivity index (χ1v) is 6.59. The summed E-state index contributed by atoms with van der Waals surface area (Å²) in [4.78, 5) is 22.0. The summed E-state index contributed by atoms with van der Waals surface area (Å²) in [5.41, 5.74) is 1.21. The number of benzene rings is 2. The van der Waals surface area contributed by atoms with E-state index < -0.39 is 0 Å². The van der Waals surface area contributed by atoms with E-state index in [0.29, 0.717) is 11.1 Å². The number of hydrogen-bond donors (Lipinski definition) is 0. The van der Waals surface area contributed by atoms with Crippen molar-refractivity contribution in [1.29, 1.82) is 10.5 Å². The minimum Gasteiger partial charge on any atom is -0.293 e. The second kappa shape index (κ2) is 9.63. The van der Waals surface area contributed by atoms with Crippen LogP contribution in [0.25, 0.3) is 0 Å². The van der Waals surface area contributed by atoms with Crippen LogP contribution in [0.15, 0.2) is 60.7 Å². The van der Waals surface area contributed by atoms with E-state index in [4.69, 9.17) is 10.5 Å². The van der Waals surface area contributed by atoms with Crippen molar-refractivity contribution >= 4 is 11.6 Å². The molecule has 2 rings (SSSR count). The van der Waals surface area contributed by atoms with Gasteiger partial charge < -0.3 is 0 Å². The number of ketones is 2. The van der Waals surface area contributed by atoms with Crippen molar-refractivity contribution in [3.05, 3.63) is 71.8 Å². The van der Waals surface area contributed by atoms with Crippen molar-refractivity contribution in [2.24, 2.45) is 0 Å². The van der Waals surface area contributed by atoms with E-state index >= 15 is 0 Å². The molecule has 4 heteroatoms. The molecule has 22 heavy (non-hydrogen) atoms. The largest absolute Gasteiger partial charge is 0.293 e. The third kappa shape index (κ3) is 5.81. The molecule has 0 spiro atoms. The fourth-order valence-electron chi connectivity index (χ4n) is 1.60. The van der Waals surface area contributed by atoms with E-state index in [0.717, 1.165) is 0 Å². The molecule has 0 fully saturated rings. The predicted molar refractivity (Wildman–Crippen MR) is 82.0 cm³/mol. The van der Waals surface area contributed by atoms with Crippen molar-refractivity contribution in [1.82, 2.24) is 0 Å². The Morgan fingerprint density at radius 1 is 0.682 bits per heavy atom. The number of nitrogens with zero attached hydrogens (tertiary/aromatic N) is 2. The summed E-state index contributed by atoms with van der Waals surface area (Å²) < 4.78 is 0. The standard InChI is InChI=1S/2C9H7NO/c2*10-7-6-9(11)8-4-2-1-3-5-8/h2*1-5H,6H2. The molecule has 0 aliphatic rings. The molecule has 0 saturated carbocycles. The van der Waals surface area contributed by atoms with Crippen molar-refractivity contribution in [2.75, 3.05) is 0 Å². The van der Waals surface area contributed by atoms with E-state index in [2.05, 4.69) is 0 Å². The minimum absolute atomic E-state index is 0.0377. The van der Waals surface area contributed by atoms with Gasteiger partial charge in [-0.3, -0.25) is 9.59 Å². The average Bonchev–Trinajstić information content (AvgIpc) is 2.57. The van der Waals surface area contributed by atoms with Crippen LogP contribution in [0.4, 0.5) is 0 Å². The lowest BCUT2D eigenvalue weighted by Crippen LogP contribution is -1.95. The summed E-state index contributed by atoms with van der Waals surface area (Å²) in [6, 6.07) is 21.3. The Balaban J connectivity index is 0.000000220. The zero-order valence-electron chi connectivity index (χ0n) is 11.9. The number of rotatable bonds is 4. The lowest BCUT2D eigenvalue weighted by molar-refractivity contribution is 0.0989. The molecule has 0 aromatic heterocycles. The Hall–Kier alpha value is -3.24. The molecule has 0 radical (unpaired) electrons. The molecule has 108 valence electrons. The molecular formula is C18H14N2O2. The van der Waals surface area contributed by atoms with Gasteiger partial charge in [-0.25, -0.2) is 0 Å². The monoisotopic (exact) mass is 290 g/mol. The van der Waals surface area contributed by atoms with Crippen LogP contribution in [0, 0.1) is 22.7 Å². The molecule has 4 nitrogen and oxygen atoms in total. The van der Waals surface area contributed by atoms with Gasteiger partial charge >= 0.3 is 0 Å². The highest BCUT2D eigenvalue weighted by atomic mass is 16.1. The van der Waals surface area contributed by atoms with Gasteiger partial charge in [0.15, 0.2) is 11.6 Å². The molecule has 0 bridgehead atoms. The molecule has 2 aromatic rings. The Bertz CT molecular complexity index is 632. The van der Waals surface area contributed by atoms with Crippen LogP contribution >= 0.6 is 0 Å². The topological polar surface area (TPSA) is 81.7 Å². The summed E-state index contributed by atoms with van der Waals surface area (Å²) in [6.07, 6.45) is -0.0754. The molecule has 0 unspecified atom stereocenters. The third-order valence-electron chi connectivity index (χ3n) is 2.67. The second-order valence-corrected chi connectivity index (χ2v) is 4.25. The van der Waals surface area contributed by atoms with Gasteiger partial charge in [-0.2, -0.15) is 10.5 Å². The van der Waals surface area contributed by atoms with Gasteiger partial charge in [0.1, 0.15) is 0 Å². The Kier molecular flexibility index (Phi) is 7.36. The van der Waals surface area contributed by atoms with Gasteiger partial charge in [-0.1, -0.05) is 60.7 Å². The van der Waals surface area contributed by atoms with E-state index in [-0.39, 0.29) is 24.4 Å². The highest BCUT2D eigenvalue weighted by Crippen LogP contribution is 2.02. The Morgan fingerprint density at radius 3 is 1.27 bits per heavy atom. The summed E-state index contributed by atoms with van der Waals surface area (Å²) in [6.45, 7) is 0. The summed E-state index contributed by atoms with van der Waals surface area (Å²) in [5.74, 6) is -0.235. The van der Waals surface area contributed by atoms with Gasteiger partial charge in [0, 0.05) is 11.1 Å². The van der Waals surface area contributed by atoms with Crippen molar-refractivity contribution in [3.8, 4) is 12.1 Å². The van der Waals surface area contributed by atoms with Crippen molar-refractivity contribution in [3.63, 3.8) is 0 Å². The minimum atomic E-state index is -0.117. The molecule has 0 aliphatic heterocycles. The van der Waals surface area contributed by atoms with Crippen molar-refractivity contribution in [2.45, 2.75) is 12.8 Å². The highest BCUT2D eigenvalue weighted by Gasteiger charge is 2.02. The molecule has 0 amide bonds. The van der Waals surface area contributed by atoms with Crippen LogP contribution in [-0.2, 0) is 0 Å². The maximum absolute atomic E-state index is 11.0. The fourth-order valence-corrected chi connectivity index (χ4v) is 1.60. The zero-order chi connectivity index (χ0) is 16.2. The van der Waals surface area contributed by atoms with Crippen molar-refractivity contribution < 1.29 is 9.59 Å². The lowest BCUT2D eigenvalue weighted by atomic mass is 10.1. The van der Waals surface area contributed by atoms with Gasteiger partial charge in [0.05, 0.1) is 25.0 Å². The highest BCUT2D eigenvalue weighted by molar-refractivity contribution is 5.97. The third-order valence-corrected chi connectivity index (χ3v) is 2.67. The Labute approximate surface area is 129 Å². The molecular weight excluding hydrogens is 276 g/mol. The number of nitriles is 2. The predicted octanol–water partition coefficient (Wildman–Crippen LogP) is 3.57. The molecule has 0 N–H and O–H groups in total. The maximum Gasteiger partial charge on any atom is 0.176 e. The van der Waals surface area contributed by atoms with Crippen LogP contribution in [0.1, 0.15) is 33.6 Å². The molecule has 0 heterocycles. The quantitative estimate of drug-likeness (QED) is 0.806. The van der Waals surface area contributed by atoms with Crippen LogP contribution in [0.5, 0.6) is 0 Å². The molecule has 0 saturated heterocycles. The van der Waals surface area contributed by atoms with E-state index in [9.17, 15) is 9.59 Å². The normalized spacial score (nSPS) is 8.64. The smallest absolute Gasteiger partial charge is 0.176 e. The van der Waals surface area contributed by atoms with Crippen LogP contribution < -0.4 is 0 Å². The Morgan fingerprint density at radius 2 is 1.00 bits per heavy atom.